The third-order valence-corrected chi connectivity index (χ3v) is 6.34. The number of urea groups is 1. The Labute approximate surface area is 211 Å². The molecule has 1 aliphatic heterocycles. The summed E-state index contributed by atoms with van der Waals surface area (Å²) in [6, 6.07) is 17.1. The molecule has 0 bridgehead atoms. The molecule has 4 N–H and O–H groups in total. The van der Waals surface area contributed by atoms with Gasteiger partial charge in [0.1, 0.15) is 0 Å². The molecule has 1 atom stereocenters. The van der Waals surface area contributed by atoms with E-state index >= 15 is 0 Å². The van der Waals surface area contributed by atoms with Gasteiger partial charge in [-0.2, -0.15) is 5.10 Å². The highest BCUT2D eigenvalue weighted by Gasteiger charge is 2.44. The van der Waals surface area contributed by atoms with Gasteiger partial charge in [-0.1, -0.05) is 43.0 Å². The van der Waals surface area contributed by atoms with Crippen LogP contribution in [0.2, 0.25) is 0 Å². The summed E-state index contributed by atoms with van der Waals surface area (Å²) in [5.41, 5.74) is 3.71. The van der Waals surface area contributed by atoms with Gasteiger partial charge in [-0.25, -0.2) is 4.79 Å². The minimum Gasteiger partial charge on any atom is -0.338 e. The van der Waals surface area contributed by atoms with Crippen molar-refractivity contribution in [2.24, 2.45) is 0 Å². The molecule has 0 spiro atoms. The van der Waals surface area contributed by atoms with Crippen molar-refractivity contribution < 1.29 is 9.59 Å². The smallest absolute Gasteiger partial charge is 0.319 e. The van der Waals surface area contributed by atoms with E-state index in [2.05, 4.69) is 37.6 Å². The molecule has 9 heteroatoms. The summed E-state index contributed by atoms with van der Waals surface area (Å²) in [7, 11) is 3.99. The molecule has 3 aromatic rings. The molecule has 2 heterocycles. The van der Waals surface area contributed by atoms with Gasteiger partial charge >= 0.3 is 6.03 Å². The minimum absolute atomic E-state index is 0.139. The molecule has 0 saturated carbocycles. The Kier molecular flexibility index (Phi) is 7.12. The van der Waals surface area contributed by atoms with Crippen LogP contribution in [0.3, 0.4) is 0 Å². The van der Waals surface area contributed by atoms with E-state index in [0.29, 0.717) is 24.6 Å². The average molecular weight is 488 g/mol. The van der Waals surface area contributed by atoms with Crippen molar-refractivity contribution in [3.05, 3.63) is 84.1 Å². The number of carbonyl (C=O) groups is 2. The van der Waals surface area contributed by atoms with E-state index in [0.717, 1.165) is 22.5 Å². The van der Waals surface area contributed by atoms with Crippen molar-refractivity contribution >= 4 is 29.1 Å². The van der Waals surface area contributed by atoms with E-state index < -0.39 is 5.54 Å². The highest BCUT2D eigenvalue weighted by Crippen LogP contribution is 2.41. The summed E-state index contributed by atoms with van der Waals surface area (Å²) in [6.45, 7) is 8.59. The molecule has 1 aromatic heterocycles. The number of H-pyrrole nitrogens is 1. The second-order valence-electron chi connectivity index (χ2n) is 9.65. The largest absolute Gasteiger partial charge is 0.338 e. The zero-order valence-corrected chi connectivity index (χ0v) is 21.1. The van der Waals surface area contributed by atoms with Gasteiger partial charge < -0.3 is 25.8 Å². The van der Waals surface area contributed by atoms with Gasteiger partial charge in [0.2, 0.25) is 5.91 Å². The van der Waals surface area contributed by atoms with Crippen LogP contribution in [-0.4, -0.2) is 52.6 Å². The molecule has 1 aliphatic rings. The highest BCUT2D eigenvalue weighted by molar-refractivity contribution is 5.99. The van der Waals surface area contributed by atoms with Crippen LogP contribution in [0.25, 0.3) is 0 Å². The fraction of sp³-hybridized carbons (Fsp3) is 0.296. The zero-order valence-electron chi connectivity index (χ0n) is 21.1. The van der Waals surface area contributed by atoms with Gasteiger partial charge in [-0.05, 0) is 57.8 Å². The summed E-state index contributed by atoms with van der Waals surface area (Å²) in [4.78, 5) is 29.1. The molecule has 0 aliphatic carbocycles. The van der Waals surface area contributed by atoms with Crippen molar-refractivity contribution in [3.63, 3.8) is 0 Å². The maximum Gasteiger partial charge on any atom is 0.319 e. The molecular formula is C27H33N7O2. The summed E-state index contributed by atoms with van der Waals surface area (Å²) in [6.07, 6.45) is 1.23. The van der Waals surface area contributed by atoms with E-state index in [1.165, 1.54) is 6.08 Å². The molecule has 36 heavy (non-hydrogen) atoms. The number of nitrogens with zero attached hydrogens (tertiary/aromatic N) is 3. The van der Waals surface area contributed by atoms with Crippen LogP contribution < -0.4 is 16.0 Å². The number of carbonyl (C=O) groups excluding carboxylic acids is 2. The number of hydrogen-bond donors (Lipinski definition) is 4. The van der Waals surface area contributed by atoms with Crippen LogP contribution in [-0.2, 0) is 16.9 Å². The lowest BCUT2D eigenvalue weighted by Crippen LogP contribution is -2.48. The maximum atomic E-state index is 13.5. The molecule has 0 fully saturated rings. The molecule has 2 aromatic carbocycles. The van der Waals surface area contributed by atoms with E-state index in [4.69, 9.17) is 0 Å². The summed E-state index contributed by atoms with van der Waals surface area (Å²) >= 11 is 0. The molecule has 9 nitrogen and oxygen atoms in total. The number of anilines is 3. The van der Waals surface area contributed by atoms with E-state index in [1.807, 2.05) is 81.4 Å². The van der Waals surface area contributed by atoms with E-state index in [9.17, 15) is 9.59 Å². The Morgan fingerprint density at radius 2 is 1.89 bits per heavy atom. The molecular weight excluding hydrogens is 454 g/mol. The SMILES string of the molecule is C=CC(=O)Nc1cccc(Nc2n[nH]c3c2CN(C(=O)N[C@H](CN(C)C)c2ccccc2)C3(C)C)c1. The van der Waals surface area contributed by atoms with Crippen molar-refractivity contribution in [1.82, 2.24) is 25.3 Å². The number of hydrogen-bond acceptors (Lipinski definition) is 5. The fourth-order valence-electron chi connectivity index (χ4n) is 4.46. The number of rotatable bonds is 8. The normalized spacial score (nSPS) is 14.8. The number of nitrogens with one attached hydrogen (secondary N) is 4. The first-order chi connectivity index (χ1) is 17.2. The third-order valence-electron chi connectivity index (χ3n) is 6.34. The number of fused-ring (bicyclic) bond motifs is 1. The molecule has 4 rings (SSSR count). The summed E-state index contributed by atoms with van der Waals surface area (Å²) < 4.78 is 0. The first kappa shape index (κ1) is 25.0. The van der Waals surface area contributed by atoms with Crippen molar-refractivity contribution in [3.8, 4) is 0 Å². The van der Waals surface area contributed by atoms with Gasteiger partial charge in [0.15, 0.2) is 5.82 Å². The lowest BCUT2D eigenvalue weighted by molar-refractivity contribution is -0.111. The minimum atomic E-state index is -0.578. The standard InChI is InChI=1S/C27H33N7O2/c1-6-23(35)28-19-13-10-14-20(15-19)29-25-21-16-34(27(2,3)24(21)31-32-25)26(36)30-22(17-33(4)5)18-11-8-7-9-12-18/h6-15,22H,1,16-17H2,2-5H3,(H,28,35)(H,30,36)(H2,29,31,32)/t22-/m1/s1. The first-order valence-electron chi connectivity index (χ1n) is 11.8. The topological polar surface area (TPSA) is 105 Å². The van der Waals surface area contributed by atoms with E-state index in [1.54, 1.807) is 6.07 Å². The monoisotopic (exact) mass is 487 g/mol. The van der Waals surface area contributed by atoms with Crippen LogP contribution in [0.1, 0.15) is 36.7 Å². The van der Waals surface area contributed by atoms with Crippen LogP contribution >= 0.6 is 0 Å². The third kappa shape index (κ3) is 5.26. The van der Waals surface area contributed by atoms with Crippen molar-refractivity contribution in [2.75, 3.05) is 31.3 Å². The molecule has 0 unspecified atom stereocenters. The van der Waals surface area contributed by atoms with Gasteiger partial charge in [-0.15, -0.1) is 0 Å². The molecule has 0 radical (unpaired) electrons. The Balaban J connectivity index is 1.52. The number of likely N-dealkylation sites (N-methyl/N-ethyl adjacent to an activating group) is 1. The quantitative estimate of drug-likeness (QED) is 0.354. The second kappa shape index (κ2) is 10.2. The lowest BCUT2D eigenvalue weighted by atomic mass is 10.0. The molecule has 3 amide bonds. The van der Waals surface area contributed by atoms with Gasteiger partial charge in [-0.3, -0.25) is 9.89 Å². The Hall–Kier alpha value is -4.11. The maximum absolute atomic E-state index is 13.5. The number of amides is 3. The fourth-order valence-corrected chi connectivity index (χ4v) is 4.46. The summed E-state index contributed by atoms with van der Waals surface area (Å²) in [5.74, 6) is 0.368. The zero-order chi connectivity index (χ0) is 25.9. The average Bonchev–Trinajstić information content (AvgIpc) is 3.36. The van der Waals surface area contributed by atoms with Gasteiger partial charge in [0.25, 0.3) is 0 Å². The predicted molar refractivity (Wildman–Crippen MR) is 142 cm³/mol. The number of aromatic amines is 1. The molecule has 188 valence electrons. The lowest BCUT2D eigenvalue weighted by Gasteiger charge is -2.34. The van der Waals surface area contributed by atoms with Crippen LogP contribution in [0.5, 0.6) is 0 Å². The highest BCUT2D eigenvalue weighted by atomic mass is 16.2. The van der Waals surface area contributed by atoms with Gasteiger partial charge in [0.05, 0.1) is 23.8 Å². The van der Waals surface area contributed by atoms with Gasteiger partial charge in [0, 0.05) is 23.5 Å². The van der Waals surface area contributed by atoms with Crippen molar-refractivity contribution in [2.45, 2.75) is 32.0 Å². The molecule has 0 saturated heterocycles. The number of benzene rings is 2. The van der Waals surface area contributed by atoms with Crippen molar-refractivity contribution in [1.29, 1.82) is 0 Å². The Morgan fingerprint density at radius 1 is 1.17 bits per heavy atom. The Bertz CT molecular complexity index is 1250. The van der Waals surface area contributed by atoms with E-state index in [-0.39, 0.29) is 18.0 Å². The summed E-state index contributed by atoms with van der Waals surface area (Å²) in [5, 5.41) is 16.9. The first-order valence-corrected chi connectivity index (χ1v) is 11.8. The van der Waals surface area contributed by atoms with Crippen LogP contribution in [0, 0.1) is 0 Å². The number of aromatic nitrogens is 2. The Morgan fingerprint density at radius 3 is 2.58 bits per heavy atom. The predicted octanol–water partition coefficient (Wildman–Crippen LogP) is 4.34. The van der Waals surface area contributed by atoms with Crippen LogP contribution in [0.15, 0.2) is 67.3 Å². The second-order valence-corrected chi connectivity index (χ2v) is 9.65. The van der Waals surface area contributed by atoms with Crippen LogP contribution in [0.4, 0.5) is 22.0 Å².